The molecular formula is C28H30N2O7S. The third-order valence-electron chi connectivity index (χ3n) is 5.90. The first kappa shape index (κ1) is 27.0. The standard InChI is InChI=1S/C28H30N2O7S/c1-6-35-21-13-17(9-11-19(21)31)14-23-26(32)30-25(18-10-12-20(34-5)22(15-18)36-7-2)24(27(33)37-8-3)16(4)29-28(30)38-23/h9-15,25,31H,6-8H2,1-5H3/b23-14-/t25-/m1/s1. The van der Waals surface area contributed by atoms with Gasteiger partial charge < -0.3 is 24.1 Å². The van der Waals surface area contributed by atoms with Crippen molar-refractivity contribution in [2.45, 2.75) is 33.7 Å². The van der Waals surface area contributed by atoms with Gasteiger partial charge in [0.1, 0.15) is 0 Å². The van der Waals surface area contributed by atoms with Crippen molar-refractivity contribution in [3.8, 4) is 23.0 Å². The fraction of sp³-hybridized carbons (Fsp3) is 0.321. The molecule has 0 radical (unpaired) electrons. The molecule has 1 atom stereocenters. The number of nitrogens with zero attached hydrogens (tertiary/aromatic N) is 2. The largest absolute Gasteiger partial charge is 0.504 e. The summed E-state index contributed by atoms with van der Waals surface area (Å²) in [7, 11) is 1.55. The molecule has 0 amide bonds. The highest BCUT2D eigenvalue weighted by molar-refractivity contribution is 7.07. The van der Waals surface area contributed by atoms with Gasteiger partial charge in [0, 0.05) is 0 Å². The van der Waals surface area contributed by atoms with Crippen molar-refractivity contribution >= 4 is 23.4 Å². The molecule has 4 rings (SSSR count). The molecule has 38 heavy (non-hydrogen) atoms. The lowest BCUT2D eigenvalue weighted by molar-refractivity contribution is -0.139. The molecule has 2 heterocycles. The monoisotopic (exact) mass is 538 g/mol. The van der Waals surface area contributed by atoms with Gasteiger partial charge in [-0.15, -0.1) is 0 Å². The SMILES string of the molecule is CCOC(=O)C1=C(C)N=c2s/c(=C\c3ccc(O)c(OCC)c3)c(=O)n2[C@@H]1c1ccc(OC)c(OCC)c1. The zero-order valence-corrected chi connectivity index (χ0v) is 22.8. The lowest BCUT2D eigenvalue weighted by Gasteiger charge is -2.25. The van der Waals surface area contributed by atoms with Gasteiger partial charge in [0.25, 0.3) is 5.56 Å². The number of hydrogen-bond acceptors (Lipinski definition) is 9. The molecule has 1 aliphatic rings. The number of rotatable bonds is 9. The van der Waals surface area contributed by atoms with E-state index in [0.717, 1.165) is 0 Å². The molecule has 1 aliphatic heterocycles. The molecule has 1 aromatic heterocycles. The van der Waals surface area contributed by atoms with Gasteiger partial charge in [-0.3, -0.25) is 9.36 Å². The average molecular weight is 539 g/mol. The molecule has 0 saturated carbocycles. The first-order chi connectivity index (χ1) is 18.3. The molecule has 3 aromatic rings. The van der Waals surface area contributed by atoms with Crippen molar-refractivity contribution in [1.29, 1.82) is 0 Å². The Bertz CT molecular complexity index is 1570. The second-order valence-electron chi connectivity index (χ2n) is 8.31. The topological polar surface area (TPSA) is 109 Å². The Hall–Kier alpha value is -4.05. The highest BCUT2D eigenvalue weighted by Crippen LogP contribution is 2.36. The number of fused-ring (bicyclic) bond motifs is 1. The average Bonchev–Trinajstić information content (AvgIpc) is 3.19. The fourth-order valence-electron chi connectivity index (χ4n) is 4.28. The Morgan fingerprint density at radius 3 is 2.47 bits per heavy atom. The summed E-state index contributed by atoms with van der Waals surface area (Å²) in [6, 6.07) is 9.43. The normalized spacial score (nSPS) is 15.1. The summed E-state index contributed by atoms with van der Waals surface area (Å²) < 4.78 is 24.0. The van der Waals surface area contributed by atoms with Crippen molar-refractivity contribution in [2.24, 2.45) is 4.99 Å². The second kappa shape index (κ2) is 11.6. The van der Waals surface area contributed by atoms with Gasteiger partial charge in [-0.05, 0) is 69.2 Å². The third kappa shape index (κ3) is 5.17. The van der Waals surface area contributed by atoms with E-state index in [2.05, 4.69) is 4.99 Å². The Morgan fingerprint density at radius 1 is 1.05 bits per heavy atom. The molecule has 200 valence electrons. The Balaban J connectivity index is 1.94. The van der Waals surface area contributed by atoms with Crippen molar-refractivity contribution in [2.75, 3.05) is 26.9 Å². The first-order valence-corrected chi connectivity index (χ1v) is 13.1. The number of ether oxygens (including phenoxy) is 4. The van der Waals surface area contributed by atoms with Crippen LogP contribution in [0.1, 0.15) is 44.9 Å². The molecular weight excluding hydrogens is 508 g/mol. The Morgan fingerprint density at radius 2 is 1.79 bits per heavy atom. The number of hydrogen-bond donors (Lipinski definition) is 1. The molecule has 10 heteroatoms. The van der Waals surface area contributed by atoms with Crippen LogP contribution in [-0.2, 0) is 9.53 Å². The molecule has 0 spiro atoms. The van der Waals surface area contributed by atoms with E-state index in [1.165, 1.54) is 22.0 Å². The van der Waals surface area contributed by atoms with E-state index in [1.54, 1.807) is 57.4 Å². The minimum atomic E-state index is -0.781. The van der Waals surface area contributed by atoms with E-state index in [0.29, 0.717) is 56.6 Å². The van der Waals surface area contributed by atoms with Crippen molar-refractivity contribution < 1.29 is 28.8 Å². The maximum atomic E-state index is 13.8. The number of methoxy groups -OCH3 is 1. The smallest absolute Gasteiger partial charge is 0.338 e. The molecule has 0 bridgehead atoms. The summed E-state index contributed by atoms with van der Waals surface area (Å²) >= 11 is 1.21. The third-order valence-corrected chi connectivity index (χ3v) is 6.88. The number of phenolic OH excluding ortho intramolecular Hbond substituents is 1. The molecule has 0 aliphatic carbocycles. The van der Waals surface area contributed by atoms with E-state index < -0.39 is 12.0 Å². The van der Waals surface area contributed by atoms with Gasteiger partial charge in [0.05, 0.1) is 48.8 Å². The number of esters is 1. The predicted molar refractivity (Wildman–Crippen MR) is 144 cm³/mol. The minimum Gasteiger partial charge on any atom is -0.504 e. The number of benzene rings is 2. The summed E-state index contributed by atoms with van der Waals surface area (Å²) in [4.78, 5) is 32.0. The van der Waals surface area contributed by atoms with Gasteiger partial charge in [-0.25, -0.2) is 9.79 Å². The van der Waals surface area contributed by atoms with Crippen LogP contribution in [-0.4, -0.2) is 42.6 Å². The van der Waals surface area contributed by atoms with Gasteiger partial charge in [-0.1, -0.05) is 23.5 Å². The Labute approximate surface area is 223 Å². The molecule has 2 aromatic carbocycles. The number of aromatic nitrogens is 1. The molecule has 1 N–H and O–H groups in total. The molecule has 0 unspecified atom stereocenters. The van der Waals surface area contributed by atoms with Gasteiger partial charge in [0.2, 0.25) is 0 Å². The van der Waals surface area contributed by atoms with Crippen LogP contribution in [0.15, 0.2) is 57.5 Å². The van der Waals surface area contributed by atoms with Crippen LogP contribution in [0.3, 0.4) is 0 Å². The maximum Gasteiger partial charge on any atom is 0.338 e. The van der Waals surface area contributed by atoms with Crippen molar-refractivity contribution in [3.05, 3.63) is 78.5 Å². The summed E-state index contributed by atoms with van der Waals surface area (Å²) in [5.41, 5.74) is 1.77. The number of carbonyl (C=O) groups is 1. The Kier molecular flexibility index (Phi) is 8.21. The molecule has 9 nitrogen and oxygen atoms in total. The number of phenols is 1. The van der Waals surface area contributed by atoms with E-state index in [1.807, 2.05) is 13.8 Å². The van der Waals surface area contributed by atoms with Crippen molar-refractivity contribution in [3.63, 3.8) is 0 Å². The van der Waals surface area contributed by atoms with Gasteiger partial charge in [0.15, 0.2) is 27.8 Å². The highest BCUT2D eigenvalue weighted by Gasteiger charge is 2.34. The summed E-state index contributed by atoms with van der Waals surface area (Å²) in [5.74, 6) is 0.847. The molecule has 0 fully saturated rings. The summed E-state index contributed by atoms with van der Waals surface area (Å²) in [6.45, 7) is 8.14. The zero-order valence-electron chi connectivity index (χ0n) is 21.9. The van der Waals surface area contributed by atoms with Crippen molar-refractivity contribution in [1.82, 2.24) is 4.57 Å². The van der Waals surface area contributed by atoms with Gasteiger partial charge >= 0.3 is 5.97 Å². The lowest BCUT2D eigenvalue weighted by Crippen LogP contribution is -2.40. The zero-order chi connectivity index (χ0) is 27.4. The second-order valence-corrected chi connectivity index (χ2v) is 9.31. The van der Waals surface area contributed by atoms with Crippen LogP contribution in [0, 0.1) is 0 Å². The minimum absolute atomic E-state index is 0.0183. The summed E-state index contributed by atoms with van der Waals surface area (Å²) in [6.07, 6.45) is 1.71. The van der Waals surface area contributed by atoms with Crippen LogP contribution < -0.4 is 29.1 Å². The number of allylic oxidation sites excluding steroid dienone is 1. The number of carbonyl (C=O) groups excluding carboxylic acids is 1. The van der Waals surface area contributed by atoms with E-state index in [4.69, 9.17) is 18.9 Å². The number of aromatic hydroxyl groups is 1. The van der Waals surface area contributed by atoms with Crippen LogP contribution >= 0.6 is 11.3 Å². The first-order valence-electron chi connectivity index (χ1n) is 12.3. The van der Waals surface area contributed by atoms with E-state index >= 15 is 0 Å². The fourth-order valence-corrected chi connectivity index (χ4v) is 5.33. The lowest BCUT2D eigenvalue weighted by atomic mass is 9.95. The van der Waals surface area contributed by atoms with Crippen LogP contribution in [0.5, 0.6) is 23.0 Å². The summed E-state index contributed by atoms with van der Waals surface area (Å²) in [5, 5.41) is 10.0. The van der Waals surface area contributed by atoms with Crippen LogP contribution in [0.2, 0.25) is 0 Å². The van der Waals surface area contributed by atoms with E-state index in [-0.39, 0.29) is 23.5 Å². The quantitative estimate of drug-likeness (QED) is 0.417. The van der Waals surface area contributed by atoms with Crippen LogP contribution in [0.25, 0.3) is 6.08 Å². The highest BCUT2D eigenvalue weighted by atomic mass is 32.1. The van der Waals surface area contributed by atoms with Crippen LogP contribution in [0.4, 0.5) is 0 Å². The van der Waals surface area contributed by atoms with Gasteiger partial charge in [-0.2, -0.15) is 0 Å². The maximum absolute atomic E-state index is 13.8. The number of thiazole rings is 1. The molecule has 0 saturated heterocycles. The van der Waals surface area contributed by atoms with E-state index in [9.17, 15) is 14.7 Å². The predicted octanol–water partition coefficient (Wildman–Crippen LogP) is 3.31.